The summed E-state index contributed by atoms with van der Waals surface area (Å²) < 4.78 is 5.11. The Morgan fingerprint density at radius 1 is 1.75 bits per heavy atom. The van der Waals surface area contributed by atoms with Crippen LogP contribution in [-0.2, 0) is 9.53 Å². The molecule has 0 N–H and O–H groups in total. The molecule has 62 valence electrons. The lowest BCUT2D eigenvalue weighted by molar-refractivity contribution is -0.119. The van der Waals surface area contributed by atoms with E-state index in [0.717, 1.165) is 5.57 Å². The molecule has 2 nitrogen and oxygen atoms in total. The predicted octanol–water partition coefficient (Wildman–Crippen LogP) is 1.40. The second kappa shape index (κ2) is 2.42. The molecule has 0 saturated carbocycles. The first-order chi connectivity index (χ1) is 5.78. The SMILES string of the molecule is C=CCC1=CC=CC2(CO2)C1=O. The topological polar surface area (TPSA) is 29.6 Å². The van der Waals surface area contributed by atoms with Crippen molar-refractivity contribution in [1.82, 2.24) is 0 Å². The molecule has 2 heteroatoms. The monoisotopic (exact) mass is 162 g/mol. The summed E-state index contributed by atoms with van der Waals surface area (Å²) in [5.74, 6) is 0.102. The summed E-state index contributed by atoms with van der Waals surface area (Å²) in [4.78, 5) is 11.6. The van der Waals surface area contributed by atoms with Crippen LogP contribution in [-0.4, -0.2) is 18.0 Å². The maximum atomic E-state index is 11.6. The van der Waals surface area contributed by atoms with Crippen LogP contribution >= 0.6 is 0 Å². The molecule has 0 amide bonds. The van der Waals surface area contributed by atoms with E-state index in [0.29, 0.717) is 13.0 Å². The summed E-state index contributed by atoms with van der Waals surface area (Å²) in [5.41, 5.74) is 0.220. The van der Waals surface area contributed by atoms with Crippen LogP contribution in [0.3, 0.4) is 0 Å². The fourth-order valence-electron chi connectivity index (χ4n) is 1.36. The second-order valence-corrected chi connectivity index (χ2v) is 3.05. The van der Waals surface area contributed by atoms with Gasteiger partial charge in [-0.25, -0.2) is 0 Å². The lowest BCUT2D eigenvalue weighted by Crippen LogP contribution is -2.25. The molecule has 2 rings (SSSR count). The third-order valence-electron chi connectivity index (χ3n) is 2.16. The van der Waals surface area contributed by atoms with E-state index < -0.39 is 5.60 Å². The van der Waals surface area contributed by atoms with Crippen LogP contribution in [0, 0.1) is 0 Å². The minimum atomic E-state index is -0.576. The summed E-state index contributed by atoms with van der Waals surface area (Å²) in [7, 11) is 0. The summed E-state index contributed by atoms with van der Waals surface area (Å²) in [6, 6.07) is 0. The highest BCUT2D eigenvalue weighted by molar-refractivity contribution is 6.06. The van der Waals surface area contributed by atoms with Gasteiger partial charge in [-0.2, -0.15) is 0 Å². The van der Waals surface area contributed by atoms with Gasteiger partial charge in [-0.05, 0) is 12.5 Å². The van der Waals surface area contributed by atoms with Gasteiger partial charge in [0.25, 0.3) is 0 Å². The standard InChI is InChI=1S/C10H10O2/c1-2-4-8-5-3-6-10(7-12-10)9(8)11/h2-3,5-6H,1,4,7H2. The largest absolute Gasteiger partial charge is 0.356 e. The highest BCUT2D eigenvalue weighted by Crippen LogP contribution is 2.35. The summed E-state index contributed by atoms with van der Waals surface area (Å²) in [6.45, 7) is 4.14. The van der Waals surface area contributed by atoms with Crippen molar-refractivity contribution in [2.24, 2.45) is 0 Å². The van der Waals surface area contributed by atoms with E-state index in [1.165, 1.54) is 0 Å². The van der Waals surface area contributed by atoms with Gasteiger partial charge in [-0.15, -0.1) is 6.58 Å². The number of rotatable bonds is 2. The molecule has 1 atom stereocenters. The van der Waals surface area contributed by atoms with Gasteiger partial charge >= 0.3 is 0 Å². The molecule has 1 aliphatic heterocycles. The molecule has 2 aliphatic rings. The Balaban J connectivity index is 2.24. The number of carbonyl (C=O) groups excluding carboxylic acids is 1. The average Bonchev–Trinajstić information content (AvgIpc) is 2.81. The van der Waals surface area contributed by atoms with E-state index in [1.807, 2.05) is 18.2 Å². The van der Waals surface area contributed by atoms with E-state index in [1.54, 1.807) is 6.08 Å². The van der Waals surface area contributed by atoms with Crippen molar-refractivity contribution < 1.29 is 9.53 Å². The van der Waals surface area contributed by atoms with Gasteiger partial charge in [0.2, 0.25) is 0 Å². The lowest BCUT2D eigenvalue weighted by atomic mass is 9.91. The highest BCUT2D eigenvalue weighted by atomic mass is 16.6. The molecule has 12 heavy (non-hydrogen) atoms. The molecule has 0 aromatic heterocycles. The number of hydrogen-bond acceptors (Lipinski definition) is 2. The van der Waals surface area contributed by atoms with Crippen molar-refractivity contribution in [2.45, 2.75) is 12.0 Å². The maximum absolute atomic E-state index is 11.6. The average molecular weight is 162 g/mol. The number of ether oxygens (including phenoxy) is 1. The lowest BCUT2D eigenvalue weighted by Gasteiger charge is -2.11. The fraction of sp³-hybridized carbons (Fsp3) is 0.300. The Kier molecular flexibility index (Phi) is 1.51. The maximum Gasteiger partial charge on any atom is 0.197 e. The van der Waals surface area contributed by atoms with Crippen LogP contribution in [0.1, 0.15) is 6.42 Å². The molecule has 0 aromatic carbocycles. The molecule has 0 aromatic rings. The molecular formula is C10H10O2. The number of allylic oxidation sites excluding steroid dienone is 3. The first-order valence-electron chi connectivity index (χ1n) is 3.96. The van der Waals surface area contributed by atoms with E-state index in [4.69, 9.17) is 4.74 Å². The highest BCUT2D eigenvalue weighted by Gasteiger charge is 2.51. The molecular weight excluding hydrogens is 152 g/mol. The van der Waals surface area contributed by atoms with Crippen molar-refractivity contribution in [3.63, 3.8) is 0 Å². The Hall–Kier alpha value is -1.15. The van der Waals surface area contributed by atoms with Gasteiger partial charge in [0.05, 0.1) is 6.61 Å². The molecule has 1 fully saturated rings. The van der Waals surface area contributed by atoms with Gasteiger partial charge in [0.1, 0.15) is 0 Å². The zero-order chi connectivity index (χ0) is 8.60. The zero-order valence-corrected chi connectivity index (χ0v) is 6.75. The van der Waals surface area contributed by atoms with E-state index in [2.05, 4.69) is 6.58 Å². The summed E-state index contributed by atoms with van der Waals surface area (Å²) in [6.07, 6.45) is 7.90. The van der Waals surface area contributed by atoms with Gasteiger partial charge in [-0.3, -0.25) is 4.79 Å². The van der Waals surface area contributed by atoms with Crippen LogP contribution in [0.15, 0.2) is 36.5 Å². The van der Waals surface area contributed by atoms with Crippen LogP contribution < -0.4 is 0 Å². The number of Topliss-reactive ketones (excluding diaryl/α,β-unsaturated/α-hetero) is 1. The van der Waals surface area contributed by atoms with Crippen LogP contribution in [0.25, 0.3) is 0 Å². The molecule has 1 saturated heterocycles. The third kappa shape index (κ3) is 0.959. The first kappa shape index (κ1) is 7.50. The van der Waals surface area contributed by atoms with Crippen molar-refractivity contribution in [1.29, 1.82) is 0 Å². The number of epoxide rings is 1. The molecule has 0 radical (unpaired) electrons. The normalized spacial score (nSPS) is 32.0. The molecule has 1 heterocycles. The smallest absolute Gasteiger partial charge is 0.197 e. The Morgan fingerprint density at radius 3 is 3.08 bits per heavy atom. The van der Waals surface area contributed by atoms with E-state index in [-0.39, 0.29) is 5.78 Å². The molecule has 0 bridgehead atoms. The zero-order valence-electron chi connectivity index (χ0n) is 6.75. The number of carbonyl (C=O) groups is 1. The number of hydrogen-bond donors (Lipinski definition) is 0. The Bertz CT molecular complexity index is 293. The fourth-order valence-corrected chi connectivity index (χ4v) is 1.36. The predicted molar refractivity (Wildman–Crippen MR) is 45.7 cm³/mol. The van der Waals surface area contributed by atoms with Gasteiger partial charge in [0, 0.05) is 5.57 Å². The summed E-state index contributed by atoms with van der Waals surface area (Å²) in [5, 5.41) is 0. The van der Waals surface area contributed by atoms with Crippen molar-refractivity contribution >= 4 is 5.78 Å². The number of ketones is 1. The van der Waals surface area contributed by atoms with Crippen molar-refractivity contribution in [3.05, 3.63) is 36.5 Å². The molecule has 1 unspecified atom stereocenters. The van der Waals surface area contributed by atoms with Crippen molar-refractivity contribution in [2.75, 3.05) is 6.61 Å². The summed E-state index contributed by atoms with van der Waals surface area (Å²) >= 11 is 0. The van der Waals surface area contributed by atoms with Crippen molar-refractivity contribution in [3.8, 4) is 0 Å². The van der Waals surface area contributed by atoms with Gasteiger partial charge in [-0.1, -0.05) is 18.2 Å². The third-order valence-corrected chi connectivity index (χ3v) is 2.16. The molecule has 1 aliphatic carbocycles. The minimum Gasteiger partial charge on any atom is -0.356 e. The van der Waals surface area contributed by atoms with Crippen LogP contribution in [0.4, 0.5) is 0 Å². The van der Waals surface area contributed by atoms with Crippen LogP contribution in [0.2, 0.25) is 0 Å². The van der Waals surface area contributed by atoms with Gasteiger partial charge < -0.3 is 4.74 Å². The van der Waals surface area contributed by atoms with E-state index >= 15 is 0 Å². The quantitative estimate of drug-likeness (QED) is 0.453. The van der Waals surface area contributed by atoms with Crippen LogP contribution in [0.5, 0.6) is 0 Å². The first-order valence-corrected chi connectivity index (χ1v) is 3.96. The Labute approximate surface area is 71.2 Å². The molecule has 1 spiro atoms. The minimum absolute atomic E-state index is 0.102. The Morgan fingerprint density at radius 2 is 2.50 bits per heavy atom. The second-order valence-electron chi connectivity index (χ2n) is 3.05. The van der Waals surface area contributed by atoms with Gasteiger partial charge in [0.15, 0.2) is 11.4 Å². The van der Waals surface area contributed by atoms with E-state index in [9.17, 15) is 4.79 Å².